The van der Waals surface area contributed by atoms with E-state index in [9.17, 15) is 5.11 Å². The van der Waals surface area contributed by atoms with Gasteiger partial charge >= 0.3 is 0 Å². The van der Waals surface area contributed by atoms with E-state index in [4.69, 9.17) is 0 Å². The third-order valence-electron chi connectivity index (χ3n) is 3.58. The molecule has 100 valence electrons. The minimum absolute atomic E-state index is 0.336. The molecule has 0 aliphatic carbocycles. The zero-order valence-corrected chi connectivity index (χ0v) is 11.0. The number of rotatable bonds is 7. The van der Waals surface area contributed by atoms with Gasteiger partial charge in [-0.2, -0.15) is 0 Å². The molecule has 1 aliphatic rings. The summed E-state index contributed by atoms with van der Waals surface area (Å²) in [6.07, 6.45) is 6.59. The summed E-state index contributed by atoms with van der Waals surface area (Å²) in [6, 6.07) is 8.18. The van der Waals surface area contributed by atoms with E-state index in [2.05, 4.69) is 10.6 Å². The van der Waals surface area contributed by atoms with Crippen molar-refractivity contribution in [3.8, 4) is 5.75 Å². The van der Waals surface area contributed by atoms with Crippen molar-refractivity contribution in [3.05, 3.63) is 29.8 Å². The third-order valence-corrected chi connectivity index (χ3v) is 3.58. The van der Waals surface area contributed by atoms with Gasteiger partial charge in [-0.3, -0.25) is 0 Å². The molecule has 0 spiro atoms. The average Bonchev–Trinajstić information content (AvgIpc) is 2.89. The molecule has 1 atom stereocenters. The summed E-state index contributed by atoms with van der Waals surface area (Å²) in [5.41, 5.74) is 1.23. The minimum Gasteiger partial charge on any atom is -0.508 e. The Morgan fingerprint density at radius 2 is 2.06 bits per heavy atom. The Bertz CT molecular complexity index is 331. The lowest BCUT2D eigenvalue weighted by atomic mass is 10.1. The fraction of sp³-hybridized carbons (Fsp3) is 0.600. The molecule has 3 heteroatoms. The quantitative estimate of drug-likeness (QED) is 0.649. The van der Waals surface area contributed by atoms with Gasteiger partial charge in [-0.1, -0.05) is 18.6 Å². The predicted molar refractivity (Wildman–Crippen MR) is 74.7 cm³/mol. The van der Waals surface area contributed by atoms with E-state index in [1.165, 1.54) is 44.2 Å². The number of phenolic OH excluding ortho intramolecular Hbond substituents is 1. The second-order valence-corrected chi connectivity index (χ2v) is 5.13. The maximum atomic E-state index is 9.18. The molecule has 1 unspecified atom stereocenters. The van der Waals surface area contributed by atoms with Crippen LogP contribution < -0.4 is 10.6 Å². The van der Waals surface area contributed by atoms with Crippen molar-refractivity contribution < 1.29 is 5.11 Å². The molecular weight excluding hydrogens is 224 g/mol. The lowest BCUT2D eigenvalue weighted by Crippen LogP contribution is -2.21. The maximum absolute atomic E-state index is 9.18. The highest BCUT2D eigenvalue weighted by Gasteiger charge is 2.12. The van der Waals surface area contributed by atoms with Gasteiger partial charge in [-0.25, -0.2) is 0 Å². The minimum atomic E-state index is 0.336. The Labute approximate surface area is 110 Å². The fourth-order valence-electron chi connectivity index (χ4n) is 2.49. The van der Waals surface area contributed by atoms with Crippen molar-refractivity contribution >= 4 is 0 Å². The predicted octanol–water partition coefficient (Wildman–Crippen LogP) is 2.40. The van der Waals surface area contributed by atoms with Crippen molar-refractivity contribution in [3.63, 3.8) is 0 Å². The molecule has 0 aromatic heterocycles. The van der Waals surface area contributed by atoms with E-state index in [0.29, 0.717) is 5.75 Å². The van der Waals surface area contributed by atoms with E-state index in [-0.39, 0.29) is 0 Å². The highest BCUT2D eigenvalue weighted by Crippen LogP contribution is 2.12. The highest BCUT2D eigenvalue weighted by molar-refractivity contribution is 5.25. The molecule has 1 aromatic carbocycles. The molecule has 1 aliphatic heterocycles. The second-order valence-electron chi connectivity index (χ2n) is 5.13. The first kappa shape index (κ1) is 13.4. The van der Waals surface area contributed by atoms with E-state index in [0.717, 1.165) is 19.1 Å². The zero-order valence-electron chi connectivity index (χ0n) is 11.0. The van der Waals surface area contributed by atoms with Crippen LogP contribution in [0.3, 0.4) is 0 Å². The van der Waals surface area contributed by atoms with Crippen LogP contribution in [0, 0.1) is 0 Å². The van der Waals surface area contributed by atoms with Gasteiger partial charge in [0.15, 0.2) is 0 Å². The number of aromatic hydroxyl groups is 1. The van der Waals surface area contributed by atoms with Gasteiger partial charge in [-0.05, 0) is 56.5 Å². The first-order chi connectivity index (χ1) is 8.84. The van der Waals surface area contributed by atoms with E-state index < -0.39 is 0 Å². The van der Waals surface area contributed by atoms with Gasteiger partial charge in [-0.15, -0.1) is 0 Å². The van der Waals surface area contributed by atoms with E-state index in [1.807, 2.05) is 12.1 Å². The van der Waals surface area contributed by atoms with Gasteiger partial charge in [0.05, 0.1) is 0 Å². The van der Waals surface area contributed by atoms with Crippen LogP contribution in [0.15, 0.2) is 24.3 Å². The summed E-state index contributed by atoms with van der Waals surface area (Å²) in [4.78, 5) is 0. The van der Waals surface area contributed by atoms with E-state index >= 15 is 0 Å². The Kier molecular flexibility index (Phi) is 5.49. The lowest BCUT2D eigenvalue weighted by molar-refractivity contribution is 0.475. The standard InChI is InChI=1S/C15H24N2O/c18-15-8-6-13(7-9-15)12-16-10-2-1-4-14-5-3-11-17-14/h6-9,14,16-18H,1-5,10-12H2. The van der Waals surface area contributed by atoms with E-state index in [1.54, 1.807) is 12.1 Å². The van der Waals surface area contributed by atoms with Crippen LogP contribution in [0.5, 0.6) is 5.75 Å². The van der Waals surface area contributed by atoms with Gasteiger partial charge in [0.2, 0.25) is 0 Å². The summed E-state index contributed by atoms with van der Waals surface area (Å²) in [5, 5.41) is 16.2. The molecule has 3 nitrogen and oxygen atoms in total. The molecule has 0 bridgehead atoms. The number of phenols is 1. The monoisotopic (exact) mass is 248 g/mol. The molecule has 18 heavy (non-hydrogen) atoms. The third kappa shape index (κ3) is 4.67. The molecule has 0 amide bonds. The number of benzene rings is 1. The molecular formula is C15H24N2O. The molecule has 0 radical (unpaired) electrons. The second kappa shape index (κ2) is 7.39. The zero-order chi connectivity index (χ0) is 12.6. The van der Waals surface area contributed by atoms with Crippen LogP contribution in [0.25, 0.3) is 0 Å². The van der Waals surface area contributed by atoms with Crippen LogP contribution in [-0.4, -0.2) is 24.2 Å². The number of hydrogen-bond acceptors (Lipinski definition) is 3. The SMILES string of the molecule is Oc1ccc(CNCCCCC2CCCN2)cc1. The van der Waals surface area contributed by atoms with Crippen LogP contribution in [0.2, 0.25) is 0 Å². The van der Waals surface area contributed by atoms with Crippen molar-refractivity contribution in [2.24, 2.45) is 0 Å². The van der Waals surface area contributed by atoms with Crippen LogP contribution >= 0.6 is 0 Å². The molecule has 1 aromatic rings. The van der Waals surface area contributed by atoms with Crippen LogP contribution in [0.1, 0.15) is 37.7 Å². The summed E-state index contributed by atoms with van der Waals surface area (Å²) >= 11 is 0. The van der Waals surface area contributed by atoms with Crippen LogP contribution in [-0.2, 0) is 6.54 Å². The topological polar surface area (TPSA) is 44.3 Å². The van der Waals surface area contributed by atoms with Gasteiger partial charge < -0.3 is 15.7 Å². The first-order valence-corrected chi connectivity index (χ1v) is 7.06. The van der Waals surface area contributed by atoms with Gasteiger partial charge in [0.1, 0.15) is 5.75 Å². The summed E-state index contributed by atoms with van der Waals surface area (Å²) < 4.78 is 0. The molecule has 1 fully saturated rings. The molecule has 3 N–H and O–H groups in total. The molecule has 1 heterocycles. The number of nitrogens with one attached hydrogen (secondary N) is 2. The summed E-state index contributed by atoms with van der Waals surface area (Å²) in [6.45, 7) is 3.18. The molecule has 2 rings (SSSR count). The Hall–Kier alpha value is -1.06. The van der Waals surface area contributed by atoms with Crippen molar-refractivity contribution in [2.45, 2.75) is 44.7 Å². The Morgan fingerprint density at radius 3 is 2.78 bits per heavy atom. The van der Waals surface area contributed by atoms with Crippen molar-refractivity contribution in [1.29, 1.82) is 0 Å². The van der Waals surface area contributed by atoms with Crippen molar-refractivity contribution in [2.75, 3.05) is 13.1 Å². The Balaban J connectivity index is 1.49. The average molecular weight is 248 g/mol. The molecule has 1 saturated heterocycles. The smallest absolute Gasteiger partial charge is 0.115 e. The molecule has 0 saturated carbocycles. The van der Waals surface area contributed by atoms with Gasteiger partial charge in [0.25, 0.3) is 0 Å². The summed E-state index contributed by atoms with van der Waals surface area (Å²) in [7, 11) is 0. The number of unbranched alkanes of at least 4 members (excludes halogenated alkanes) is 1. The van der Waals surface area contributed by atoms with Gasteiger partial charge in [0, 0.05) is 12.6 Å². The number of hydrogen-bond donors (Lipinski definition) is 3. The lowest BCUT2D eigenvalue weighted by Gasteiger charge is -2.09. The maximum Gasteiger partial charge on any atom is 0.115 e. The largest absolute Gasteiger partial charge is 0.508 e. The summed E-state index contributed by atoms with van der Waals surface area (Å²) in [5.74, 6) is 0.336. The highest BCUT2D eigenvalue weighted by atomic mass is 16.3. The van der Waals surface area contributed by atoms with Crippen LogP contribution in [0.4, 0.5) is 0 Å². The first-order valence-electron chi connectivity index (χ1n) is 7.06. The Morgan fingerprint density at radius 1 is 1.22 bits per heavy atom. The normalized spacial score (nSPS) is 19.2. The fourth-order valence-corrected chi connectivity index (χ4v) is 2.49. The van der Waals surface area contributed by atoms with Crippen molar-refractivity contribution in [1.82, 2.24) is 10.6 Å².